The summed E-state index contributed by atoms with van der Waals surface area (Å²) in [5.74, 6) is 0. The van der Waals surface area contributed by atoms with Gasteiger partial charge in [-0.05, 0) is 18.2 Å². The second-order valence-corrected chi connectivity index (χ2v) is 5.85. The largest absolute Gasteiger partial charge is 0.264 e. The van der Waals surface area contributed by atoms with Crippen LogP contribution in [0.1, 0.15) is 0 Å². The number of aromatic nitrogens is 1. The Morgan fingerprint density at radius 1 is 1.13 bits per heavy atom. The minimum Gasteiger partial charge on any atom is -0.264 e. The van der Waals surface area contributed by atoms with Gasteiger partial charge in [-0.2, -0.15) is 0 Å². The highest BCUT2D eigenvalue weighted by Gasteiger charge is 2.15. The van der Waals surface area contributed by atoms with Crippen LogP contribution in [-0.4, -0.2) is 13.4 Å². The molecule has 2 rings (SSSR count). The van der Waals surface area contributed by atoms with E-state index in [-0.39, 0.29) is 4.90 Å². The summed E-state index contributed by atoms with van der Waals surface area (Å²) in [6, 6.07) is 4.43. The number of hydrogen-bond acceptors (Lipinski definition) is 3. The van der Waals surface area contributed by atoms with Crippen LogP contribution in [-0.2, 0) is 9.05 Å². The van der Waals surface area contributed by atoms with Crippen molar-refractivity contribution in [2.45, 2.75) is 4.90 Å². The first-order chi connectivity index (χ1) is 7.00. The molecule has 0 spiro atoms. The molecule has 0 aliphatic heterocycles. The van der Waals surface area contributed by atoms with Crippen molar-refractivity contribution in [2.75, 3.05) is 0 Å². The normalized spacial score (nSPS) is 11.9. The van der Waals surface area contributed by atoms with Crippen molar-refractivity contribution < 1.29 is 8.42 Å². The summed E-state index contributed by atoms with van der Waals surface area (Å²) >= 11 is 5.90. The van der Waals surface area contributed by atoms with Crippen LogP contribution in [0.2, 0.25) is 5.02 Å². The zero-order valence-electron chi connectivity index (χ0n) is 7.31. The second-order valence-electron chi connectivity index (χ2n) is 2.90. The highest BCUT2D eigenvalue weighted by Crippen LogP contribution is 2.30. The SMILES string of the molecule is O=S(=O)(Cl)c1ccc(Cl)c2cnccc12. The van der Waals surface area contributed by atoms with Gasteiger partial charge >= 0.3 is 0 Å². The molecule has 0 aliphatic rings. The highest BCUT2D eigenvalue weighted by atomic mass is 35.7. The van der Waals surface area contributed by atoms with Crippen molar-refractivity contribution >= 4 is 42.1 Å². The van der Waals surface area contributed by atoms with Gasteiger partial charge in [0.05, 0.1) is 9.92 Å². The van der Waals surface area contributed by atoms with Gasteiger partial charge in [0.1, 0.15) is 0 Å². The van der Waals surface area contributed by atoms with Gasteiger partial charge in [-0.3, -0.25) is 4.98 Å². The number of fused-ring (bicyclic) bond motifs is 1. The molecule has 0 saturated carbocycles. The molecule has 0 saturated heterocycles. The van der Waals surface area contributed by atoms with Crippen molar-refractivity contribution in [2.24, 2.45) is 0 Å². The summed E-state index contributed by atoms with van der Waals surface area (Å²) in [5.41, 5.74) is 0. The van der Waals surface area contributed by atoms with Crippen LogP contribution >= 0.6 is 22.3 Å². The van der Waals surface area contributed by atoms with Gasteiger partial charge in [0.2, 0.25) is 0 Å². The monoisotopic (exact) mass is 261 g/mol. The fraction of sp³-hybridized carbons (Fsp3) is 0. The first-order valence-corrected chi connectivity index (χ1v) is 6.66. The van der Waals surface area contributed by atoms with Gasteiger partial charge in [-0.1, -0.05) is 11.6 Å². The smallest absolute Gasteiger partial charge is 0.261 e. The zero-order chi connectivity index (χ0) is 11.1. The third kappa shape index (κ3) is 1.93. The van der Waals surface area contributed by atoms with Crippen molar-refractivity contribution in [3.05, 3.63) is 35.6 Å². The molecule has 1 aromatic heterocycles. The Morgan fingerprint density at radius 3 is 2.53 bits per heavy atom. The summed E-state index contributed by atoms with van der Waals surface area (Å²) in [7, 11) is 1.54. The topological polar surface area (TPSA) is 47.0 Å². The molecule has 0 N–H and O–H groups in total. The molecule has 0 atom stereocenters. The van der Waals surface area contributed by atoms with E-state index in [4.69, 9.17) is 22.3 Å². The molecular weight excluding hydrogens is 257 g/mol. The van der Waals surface area contributed by atoms with Crippen LogP contribution < -0.4 is 0 Å². The van der Waals surface area contributed by atoms with Gasteiger partial charge in [0, 0.05) is 33.8 Å². The second kappa shape index (κ2) is 3.63. The summed E-state index contributed by atoms with van der Waals surface area (Å²) in [6.45, 7) is 0. The lowest BCUT2D eigenvalue weighted by Gasteiger charge is -2.03. The average Bonchev–Trinajstić information content (AvgIpc) is 2.17. The predicted molar refractivity (Wildman–Crippen MR) is 59.8 cm³/mol. The Balaban J connectivity index is 2.96. The Morgan fingerprint density at radius 2 is 1.87 bits per heavy atom. The molecule has 1 aromatic carbocycles. The lowest BCUT2D eigenvalue weighted by Crippen LogP contribution is -1.92. The van der Waals surface area contributed by atoms with Crippen molar-refractivity contribution in [3.63, 3.8) is 0 Å². The molecule has 0 aliphatic carbocycles. The molecule has 1 heterocycles. The molecule has 3 nitrogen and oxygen atoms in total. The maximum atomic E-state index is 11.3. The minimum atomic E-state index is -3.76. The standard InChI is InChI=1S/C9H5Cl2NO2S/c10-8-1-2-9(15(11,13)14)6-3-4-12-5-7(6)8/h1-5H. The fourth-order valence-corrected chi connectivity index (χ4v) is 2.63. The Labute approximate surface area is 96.1 Å². The summed E-state index contributed by atoms with van der Waals surface area (Å²) in [4.78, 5) is 3.92. The predicted octanol–water partition coefficient (Wildman–Crippen LogP) is 2.82. The van der Waals surface area contributed by atoms with Gasteiger partial charge in [-0.25, -0.2) is 8.42 Å². The minimum absolute atomic E-state index is 0.0472. The van der Waals surface area contributed by atoms with E-state index in [1.54, 1.807) is 6.07 Å². The average molecular weight is 262 g/mol. The number of rotatable bonds is 1. The van der Waals surface area contributed by atoms with E-state index in [0.29, 0.717) is 15.8 Å². The summed E-state index contributed by atoms with van der Waals surface area (Å²) in [6.07, 6.45) is 2.99. The number of benzene rings is 1. The fourth-order valence-electron chi connectivity index (χ4n) is 1.34. The number of hydrogen-bond donors (Lipinski definition) is 0. The molecular formula is C9H5Cl2NO2S. The number of nitrogens with zero attached hydrogens (tertiary/aromatic N) is 1. The third-order valence-corrected chi connectivity index (χ3v) is 3.70. The maximum absolute atomic E-state index is 11.3. The quantitative estimate of drug-likeness (QED) is 0.742. The molecule has 6 heteroatoms. The zero-order valence-corrected chi connectivity index (χ0v) is 9.64. The molecule has 0 fully saturated rings. The van der Waals surface area contributed by atoms with Crippen molar-refractivity contribution in [1.82, 2.24) is 4.98 Å². The van der Waals surface area contributed by atoms with E-state index in [0.717, 1.165) is 0 Å². The molecule has 78 valence electrons. The van der Waals surface area contributed by atoms with Crippen molar-refractivity contribution in [3.8, 4) is 0 Å². The lowest BCUT2D eigenvalue weighted by molar-refractivity contribution is 0.610. The van der Waals surface area contributed by atoms with Gasteiger partial charge in [0.15, 0.2) is 0 Å². The van der Waals surface area contributed by atoms with Crippen LogP contribution in [0.15, 0.2) is 35.5 Å². The Kier molecular flexibility index (Phi) is 2.58. The third-order valence-electron chi connectivity index (χ3n) is 1.99. The van der Waals surface area contributed by atoms with Gasteiger partial charge in [-0.15, -0.1) is 0 Å². The summed E-state index contributed by atoms with van der Waals surface area (Å²) < 4.78 is 22.5. The van der Waals surface area contributed by atoms with Crippen LogP contribution in [0.4, 0.5) is 0 Å². The Hall–Kier alpha value is -0.840. The molecule has 0 amide bonds. The van der Waals surface area contributed by atoms with E-state index in [1.165, 1.54) is 24.5 Å². The van der Waals surface area contributed by atoms with Crippen LogP contribution in [0.3, 0.4) is 0 Å². The van der Waals surface area contributed by atoms with E-state index in [1.807, 2.05) is 0 Å². The highest BCUT2D eigenvalue weighted by molar-refractivity contribution is 8.14. The maximum Gasteiger partial charge on any atom is 0.261 e. The van der Waals surface area contributed by atoms with Crippen LogP contribution in [0.25, 0.3) is 10.8 Å². The first-order valence-electron chi connectivity index (χ1n) is 3.97. The summed E-state index contributed by atoms with van der Waals surface area (Å²) in [5, 5.41) is 1.50. The Bertz CT molecular complexity index is 625. The van der Waals surface area contributed by atoms with E-state index >= 15 is 0 Å². The van der Waals surface area contributed by atoms with E-state index in [9.17, 15) is 8.42 Å². The van der Waals surface area contributed by atoms with E-state index in [2.05, 4.69) is 4.98 Å². The number of pyridine rings is 1. The van der Waals surface area contributed by atoms with E-state index < -0.39 is 9.05 Å². The van der Waals surface area contributed by atoms with Gasteiger partial charge in [0.25, 0.3) is 9.05 Å². The van der Waals surface area contributed by atoms with Crippen molar-refractivity contribution in [1.29, 1.82) is 0 Å². The first kappa shape index (κ1) is 10.7. The molecule has 2 aromatic rings. The molecule has 0 unspecified atom stereocenters. The molecule has 0 radical (unpaired) electrons. The van der Waals surface area contributed by atoms with Crippen LogP contribution in [0, 0.1) is 0 Å². The molecule has 0 bridgehead atoms. The lowest BCUT2D eigenvalue weighted by atomic mass is 10.2. The molecule has 15 heavy (non-hydrogen) atoms. The number of halogens is 2. The van der Waals surface area contributed by atoms with Crippen LogP contribution in [0.5, 0.6) is 0 Å². The van der Waals surface area contributed by atoms with Gasteiger partial charge < -0.3 is 0 Å².